The lowest BCUT2D eigenvalue weighted by molar-refractivity contribution is -0.137. The van der Waals surface area contributed by atoms with E-state index in [-0.39, 0.29) is 12.3 Å². The van der Waals surface area contributed by atoms with E-state index in [2.05, 4.69) is 0 Å². The molecule has 0 aliphatic carbocycles. The number of carbonyl (C=O) groups excluding carboxylic acids is 1. The fourth-order valence-electron chi connectivity index (χ4n) is 3.89. The molecule has 2 aliphatic rings. The van der Waals surface area contributed by atoms with Gasteiger partial charge in [-0.25, -0.2) is 0 Å². The Bertz CT molecular complexity index is 618. The second kappa shape index (κ2) is 8.13. The number of carboxylic acid groups (broad SMARTS) is 1. The van der Waals surface area contributed by atoms with Crippen molar-refractivity contribution in [1.29, 1.82) is 0 Å². The van der Waals surface area contributed by atoms with Crippen molar-refractivity contribution in [2.24, 2.45) is 5.92 Å². The minimum absolute atomic E-state index is 0.236. The third-order valence-electron chi connectivity index (χ3n) is 5.15. The van der Waals surface area contributed by atoms with Gasteiger partial charge in [0.15, 0.2) is 0 Å². The Hall–Kier alpha value is -1.69. The molecule has 1 aromatic rings. The van der Waals surface area contributed by atoms with Gasteiger partial charge in [0.25, 0.3) is 0 Å². The van der Waals surface area contributed by atoms with Crippen LogP contribution in [0, 0.1) is 5.92 Å². The summed E-state index contributed by atoms with van der Waals surface area (Å²) in [5, 5.41) is 9.20. The number of thioether (sulfide) groups is 1. The molecule has 25 heavy (non-hydrogen) atoms. The number of amides is 1. The van der Waals surface area contributed by atoms with Gasteiger partial charge in [0, 0.05) is 30.7 Å². The van der Waals surface area contributed by atoms with E-state index >= 15 is 0 Å². The maximum Gasteiger partial charge on any atom is 0.303 e. The average Bonchev–Trinajstić information content (AvgIpc) is 3.12. The fraction of sp³-hybridized carbons (Fsp3) is 0.579. The number of hydrogen-bond donors (Lipinski definition) is 1. The fourth-order valence-corrected chi connectivity index (χ4v) is 5.60. The molecule has 0 aromatic heterocycles. The van der Waals surface area contributed by atoms with E-state index in [1.807, 2.05) is 40.9 Å². The first-order valence-corrected chi connectivity index (χ1v) is 9.89. The van der Waals surface area contributed by atoms with Crippen molar-refractivity contribution in [2.45, 2.75) is 49.9 Å². The largest absolute Gasteiger partial charge is 0.497 e. The third-order valence-corrected chi connectivity index (χ3v) is 6.71. The number of fused-ring (bicyclic) bond motifs is 1. The molecular weight excluding hydrogens is 338 g/mol. The number of hydrogen-bond acceptors (Lipinski definition) is 4. The first-order valence-electron chi connectivity index (χ1n) is 8.84. The third kappa shape index (κ3) is 4.29. The summed E-state index contributed by atoms with van der Waals surface area (Å²) < 4.78 is 5.19. The van der Waals surface area contributed by atoms with Crippen LogP contribution in [0.3, 0.4) is 0 Å². The Morgan fingerprint density at radius 2 is 2.08 bits per heavy atom. The number of benzene rings is 1. The van der Waals surface area contributed by atoms with Crippen LogP contribution in [-0.4, -0.2) is 46.0 Å². The minimum Gasteiger partial charge on any atom is -0.497 e. The van der Waals surface area contributed by atoms with Gasteiger partial charge in [-0.2, -0.15) is 11.8 Å². The van der Waals surface area contributed by atoms with Gasteiger partial charge in [-0.3, -0.25) is 9.59 Å². The molecule has 0 saturated carbocycles. The topological polar surface area (TPSA) is 66.8 Å². The molecule has 3 atom stereocenters. The predicted octanol–water partition coefficient (Wildman–Crippen LogP) is 3.17. The van der Waals surface area contributed by atoms with E-state index in [0.29, 0.717) is 30.2 Å². The highest BCUT2D eigenvalue weighted by Crippen LogP contribution is 2.44. The number of methoxy groups -OCH3 is 1. The molecule has 1 amide bonds. The van der Waals surface area contributed by atoms with Gasteiger partial charge >= 0.3 is 5.97 Å². The maximum absolute atomic E-state index is 12.5. The van der Waals surface area contributed by atoms with Crippen molar-refractivity contribution >= 4 is 23.6 Å². The molecule has 0 bridgehead atoms. The maximum atomic E-state index is 12.5. The lowest BCUT2D eigenvalue weighted by Gasteiger charge is -2.29. The molecule has 5 nitrogen and oxygen atoms in total. The molecule has 1 N–H and O–H groups in total. The molecule has 6 heteroatoms. The van der Waals surface area contributed by atoms with Gasteiger partial charge in [-0.1, -0.05) is 18.6 Å². The lowest BCUT2D eigenvalue weighted by Crippen LogP contribution is -2.39. The average molecular weight is 363 g/mol. The van der Waals surface area contributed by atoms with Crippen LogP contribution in [0.25, 0.3) is 0 Å². The Balaban J connectivity index is 1.61. The summed E-state index contributed by atoms with van der Waals surface area (Å²) in [7, 11) is 1.65. The van der Waals surface area contributed by atoms with Crippen molar-refractivity contribution in [3.63, 3.8) is 0 Å². The monoisotopic (exact) mass is 363 g/mol. The van der Waals surface area contributed by atoms with E-state index in [1.165, 1.54) is 0 Å². The van der Waals surface area contributed by atoms with Gasteiger partial charge in [-0.15, -0.1) is 0 Å². The van der Waals surface area contributed by atoms with E-state index in [4.69, 9.17) is 9.84 Å². The summed E-state index contributed by atoms with van der Waals surface area (Å²) in [6, 6.07) is 8.19. The second-order valence-electron chi connectivity index (χ2n) is 6.84. The number of nitrogens with zero attached hydrogens (tertiary/aromatic N) is 1. The van der Waals surface area contributed by atoms with Crippen LogP contribution in [-0.2, 0) is 16.1 Å². The molecule has 0 spiro atoms. The molecule has 2 saturated heterocycles. The summed E-state index contributed by atoms with van der Waals surface area (Å²) in [4.78, 5) is 25.2. The van der Waals surface area contributed by atoms with E-state index in [9.17, 15) is 9.59 Å². The van der Waals surface area contributed by atoms with Crippen LogP contribution in [0.5, 0.6) is 5.75 Å². The van der Waals surface area contributed by atoms with Crippen molar-refractivity contribution in [3.8, 4) is 5.75 Å². The quantitative estimate of drug-likeness (QED) is 0.719. The van der Waals surface area contributed by atoms with Crippen LogP contribution in [0.15, 0.2) is 24.3 Å². The molecule has 1 unspecified atom stereocenters. The highest BCUT2D eigenvalue weighted by atomic mass is 32.2. The number of likely N-dealkylation sites (tertiary alicyclic amines) is 1. The van der Waals surface area contributed by atoms with Crippen LogP contribution in [0.1, 0.15) is 37.7 Å². The number of rotatable bonds is 8. The van der Waals surface area contributed by atoms with Crippen LogP contribution >= 0.6 is 11.8 Å². The Morgan fingerprint density at radius 1 is 1.32 bits per heavy atom. The molecule has 1 aromatic carbocycles. The summed E-state index contributed by atoms with van der Waals surface area (Å²) in [5.74, 6) is 1.83. The Morgan fingerprint density at radius 3 is 2.76 bits per heavy atom. The first-order chi connectivity index (χ1) is 12.1. The van der Waals surface area contributed by atoms with Crippen molar-refractivity contribution in [1.82, 2.24) is 4.90 Å². The Kier molecular flexibility index (Phi) is 5.89. The highest BCUT2D eigenvalue weighted by Gasteiger charge is 2.47. The smallest absolute Gasteiger partial charge is 0.303 e. The number of aliphatic carboxylic acids is 1. The lowest BCUT2D eigenvalue weighted by atomic mass is 9.96. The number of carbonyl (C=O) groups is 2. The molecule has 136 valence electrons. The van der Waals surface area contributed by atoms with E-state index in [0.717, 1.165) is 36.3 Å². The van der Waals surface area contributed by atoms with Crippen LogP contribution < -0.4 is 4.74 Å². The van der Waals surface area contributed by atoms with Gasteiger partial charge in [-0.05, 0) is 42.2 Å². The highest BCUT2D eigenvalue weighted by molar-refractivity contribution is 8.00. The molecule has 2 heterocycles. The summed E-state index contributed by atoms with van der Waals surface area (Å²) in [6.45, 7) is 0.649. The standard InChI is InChI=1S/C19H25NO4S/c1-24-15-8-6-13(7-9-15)11-20-17(21)10-14-12-25-16(19(14)20)4-2-3-5-18(22)23/h6-9,14,16,19H,2-5,10-12H2,1H3,(H,22,23)/t14?,16-,19-/m0/s1. The zero-order chi connectivity index (χ0) is 17.8. The first kappa shape index (κ1) is 18.1. The van der Waals surface area contributed by atoms with Gasteiger partial charge in [0.1, 0.15) is 5.75 Å². The Labute approximate surface area is 152 Å². The SMILES string of the molecule is COc1ccc(CN2C(=O)CC3CS[C@@H](CCCCC(=O)O)[C@H]32)cc1. The molecule has 2 fully saturated rings. The molecular formula is C19H25NO4S. The second-order valence-corrected chi connectivity index (χ2v) is 8.11. The number of unbranched alkanes of at least 4 members (excludes halogenated alkanes) is 1. The zero-order valence-electron chi connectivity index (χ0n) is 14.5. The van der Waals surface area contributed by atoms with Crippen LogP contribution in [0.2, 0.25) is 0 Å². The van der Waals surface area contributed by atoms with Crippen molar-refractivity contribution < 1.29 is 19.4 Å². The van der Waals surface area contributed by atoms with Crippen molar-refractivity contribution in [3.05, 3.63) is 29.8 Å². The normalized spacial score (nSPS) is 25.2. The van der Waals surface area contributed by atoms with E-state index in [1.54, 1.807) is 7.11 Å². The van der Waals surface area contributed by atoms with Crippen molar-refractivity contribution in [2.75, 3.05) is 12.9 Å². The summed E-state index contributed by atoms with van der Waals surface area (Å²) in [6.07, 6.45) is 3.51. The predicted molar refractivity (Wildman–Crippen MR) is 97.8 cm³/mol. The zero-order valence-corrected chi connectivity index (χ0v) is 15.3. The van der Waals surface area contributed by atoms with Gasteiger partial charge in [0.05, 0.1) is 7.11 Å². The summed E-state index contributed by atoms with van der Waals surface area (Å²) >= 11 is 1.95. The molecule has 0 radical (unpaired) electrons. The molecule has 2 aliphatic heterocycles. The summed E-state index contributed by atoms with van der Waals surface area (Å²) in [5.41, 5.74) is 1.12. The van der Waals surface area contributed by atoms with Crippen LogP contribution in [0.4, 0.5) is 0 Å². The van der Waals surface area contributed by atoms with Gasteiger partial charge in [0.2, 0.25) is 5.91 Å². The number of carboxylic acids is 1. The molecule has 3 rings (SSSR count). The number of ether oxygens (including phenoxy) is 1. The van der Waals surface area contributed by atoms with Gasteiger partial charge < -0.3 is 14.7 Å². The van der Waals surface area contributed by atoms with E-state index < -0.39 is 5.97 Å². The minimum atomic E-state index is -0.728.